The first kappa shape index (κ1) is 23.4. The molecule has 1 N–H and O–H groups in total. The van der Waals surface area contributed by atoms with Crippen molar-refractivity contribution in [2.75, 3.05) is 18.4 Å². The Morgan fingerprint density at radius 3 is 2.47 bits per heavy atom. The van der Waals surface area contributed by atoms with Gasteiger partial charge in [-0.3, -0.25) is 4.98 Å². The molecule has 0 atom stereocenters. The van der Waals surface area contributed by atoms with Crippen molar-refractivity contribution in [1.29, 1.82) is 0 Å². The summed E-state index contributed by atoms with van der Waals surface area (Å²) in [6, 6.07) is 5.70. The molecule has 0 radical (unpaired) electrons. The van der Waals surface area contributed by atoms with Crippen LogP contribution >= 0.6 is 0 Å². The number of carbonyl (C=O) groups is 1. The van der Waals surface area contributed by atoms with Crippen LogP contribution < -0.4 is 10.1 Å². The number of carbonyl (C=O) groups excluding carboxylic acids is 1. The lowest BCUT2D eigenvalue weighted by Gasteiger charge is -2.36. The SMILES string of the molecule is C.Cc1cc(NC(=O)N2CCC(F)(c3ncccc3F)CC2)ccc1OC(F)(F)F. The fourth-order valence-electron chi connectivity index (χ4n) is 3.19. The lowest BCUT2D eigenvalue weighted by atomic mass is 9.89. The van der Waals surface area contributed by atoms with Crippen LogP contribution in [0.1, 0.15) is 31.5 Å². The molecule has 164 valence electrons. The van der Waals surface area contributed by atoms with Gasteiger partial charge in [0.25, 0.3) is 0 Å². The highest BCUT2D eigenvalue weighted by atomic mass is 19.4. The number of nitrogens with one attached hydrogen (secondary N) is 1. The molecule has 1 aliphatic rings. The predicted octanol–water partition coefficient (Wildman–Crippen LogP) is 5.56. The molecule has 0 aliphatic carbocycles. The Labute approximate surface area is 170 Å². The van der Waals surface area contributed by atoms with E-state index >= 15 is 4.39 Å². The van der Waals surface area contributed by atoms with Crippen LogP contribution in [0.3, 0.4) is 0 Å². The number of anilines is 1. The Bertz CT molecular complexity index is 896. The van der Waals surface area contributed by atoms with Crippen LogP contribution in [0.15, 0.2) is 36.5 Å². The van der Waals surface area contributed by atoms with E-state index in [2.05, 4.69) is 15.0 Å². The summed E-state index contributed by atoms with van der Waals surface area (Å²) in [5, 5.41) is 2.56. The van der Waals surface area contributed by atoms with Gasteiger partial charge < -0.3 is 15.0 Å². The summed E-state index contributed by atoms with van der Waals surface area (Å²) in [6.07, 6.45) is -3.74. The lowest BCUT2D eigenvalue weighted by molar-refractivity contribution is -0.274. The summed E-state index contributed by atoms with van der Waals surface area (Å²) in [6.45, 7) is 1.48. The Morgan fingerprint density at radius 2 is 1.90 bits per heavy atom. The number of ether oxygens (including phenoxy) is 1. The van der Waals surface area contributed by atoms with Gasteiger partial charge in [0.15, 0.2) is 5.67 Å². The minimum absolute atomic E-state index is 0. The van der Waals surface area contributed by atoms with Gasteiger partial charge in [0, 0.05) is 37.8 Å². The van der Waals surface area contributed by atoms with Crippen LogP contribution in [0.2, 0.25) is 0 Å². The molecule has 2 amide bonds. The van der Waals surface area contributed by atoms with Crippen molar-refractivity contribution in [3.8, 4) is 5.75 Å². The maximum absolute atomic E-state index is 15.1. The third-order valence-corrected chi connectivity index (χ3v) is 4.68. The van der Waals surface area contributed by atoms with Crippen molar-refractivity contribution < 1.29 is 31.5 Å². The molecule has 0 spiro atoms. The average molecular weight is 431 g/mol. The zero-order chi connectivity index (χ0) is 21.2. The number of likely N-dealkylation sites (tertiary alicyclic amines) is 1. The number of rotatable bonds is 3. The zero-order valence-electron chi connectivity index (χ0n) is 15.4. The van der Waals surface area contributed by atoms with Gasteiger partial charge in [-0.1, -0.05) is 7.43 Å². The number of hydrogen-bond acceptors (Lipinski definition) is 3. The van der Waals surface area contributed by atoms with Gasteiger partial charge >= 0.3 is 12.4 Å². The topological polar surface area (TPSA) is 54.5 Å². The van der Waals surface area contributed by atoms with Crippen molar-refractivity contribution in [1.82, 2.24) is 9.88 Å². The minimum Gasteiger partial charge on any atom is -0.406 e. The fourth-order valence-corrected chi connectivity index (χ4v) is 3.19. The molecule has 30 heavy (non-hydrogen) atoms. The minimum atomic E-state index is -4.81. The summed E-state index contributed by atoms with van der Waals surface area (Å²) in [5.74, 6) is -1.10. The smallest absolute Gasteiger partial charge is 0.406 e. The first-order valence-electron chi connectivity index (χ1n) is 8.80. The Morgan fingerprint density at radius 1 is 1.23 bits per heavy atom. The van der Waals surface area contributed by atoms with Gasteiger partial charge in [-0.25, -0.2) is 13.6 Å². The first-order chi connectivity index (χ1) is 13.6. The van der Waals surface area contributed by atoms with Crippen LogP contribution in [0.5, 0.6) is 5.75 Å². The van der Waals surface area contributed by atoms with E-state index in [-0.39, 0.29) is 56.1 Å². The number of hydrogen-bond donors (Lipinski definition) is 1. The summed E-state index contributed by atoms with van der Waals surface area (Å²) < 4.78 is 69.8. The van der Waals surface area contributed by atoms with E-state index in [1.165, 1.54) is 36.2 Å². The molecular weight excluding hydrogens is 409 g/mol. The van der Waals surface area contributed by atoms with E-state index in [1.54, 1.807) is 0 Å². The zero-order valence-corrected chi connectivity index (χ0v) is 15.4. The second kappa shape index (κ2) is 8.85. The molecule has 2 heterocycles. The highest BCUT2D eigenvalue weighted by Gasteiger charge is 2.40. The first-order valence-corrected chi connectivity index (χ1v) is 8.80. The van der Waals surface area contributed by atoms with E-state index < -0.39 is 23.9 Å². The number of urea groups is 1. The molecule has 3 rings (SSSR count). The molecule has 0 saturated carbocycles. The molecule has 1 aromatic heterocycles. The van der Waals surface area contributed by atoms with Crippen molar-refractivity contribution in [3.63, 3.8) is 0 Å². The van der Waals surface area contributed by atoms with Gasteiger partial charge in [0.2, 0.25) is 0 Å². The van der Waals surface area contributed by atoms with Gasteiger partial charge in [-0.05, 0) is 42.8 Å². The average Bonchev–Trinajstić information content (AvgIpc) is 2.64. The molecule has 1 fully saturated rings. The largest absolute Gasteiger partial charge is 0.573 e. The summed E-state index contributed by atoms with van der Waals surface area (Å²) in [5.41, 5.74) is -1.77. The number of alkyl halides is 4. The second-order valence-electron chi connectivity index (χ2n) is 6.74. The van der Waals surface area contributed by atoms with Gasteiger partial charge in [0.05, 0.1) is 0 Å². The highest BCUT2D eigenvalue weighted by Crippen LogP contribution is 2.37. The fraction of sp³-hybridized carbons (Fsp3) is 0.400. The number of piperidine rings is 1. The number of aryl methyl sites for hydroxylation is 1. The van der Waals surface area contributed by atoms with E-state index in [0.717, 1.165) is 12.1 Å². The number of aromatic nitrogens is 1. The number of benzene rings is 1. The van der Waals surface area contributed by atoms with E-state index in [4.69, 9.17) is 0 Å². The lowest BCUT2D eigenvalue weighted by Crippen LogP contribution is -2.45. The van der Waals surface area contributed by atoms with Gasteiger partial charge in [-0.2, -0.15) is 0 Å². The number of halogens is 5. The van der Waals surface area contributed by atoms with E-state index in [0.29, 0.717) is 0 Å². The van der Waals surface area contributed by atoms with E-state index in [9.17, 15) is 22.4 Å². The Hall–Kier alpha value is -2.91. The van der Waals surface area contributed by atoms with Crippen LogP contribution in [-0.4, -0.2) is 35.4 Å². The maximum atomic E-state index is 15.1. The predicted molar refractivity (Wildman–Crippen MR) is 101 cm³/mol. The van der Waals surface area contributed by atoms with E-state index in [1.807, 2.05) is 0 Å². The molecular formula is C20H22F5N3O2. The maximum Gasteiger partial charge on any atom is 0.573 e. The van der Waals surface area contributed by atoms with Crippen LogP contribution in [-0.2, 0) is 5.67 Å². The number of nitrogens with zero attached hydrogens (tertiary/aromatic N) is 2. The van der Waals surface area contributed by atoms with Crippen LogP contribution in [0, 0.1) is 12.7 Å². The molecule has 0 bridgehead atoms. The summed E-state index contributed by atoms with van der Waals surface area (Å²) in [4.78, 5) is 17.5. The molecule has 10 heteroatoms. The van der Waals surface area contributed by atoms with Crippen molar-refractivity contribution in [2.45, 2.75) is 39.2 Å². The van der Waals surface area contributed by atoms with Gasteiger partial charge in [0.1, 0.15) is 17.3 Å². The Kier molecular flexibility index (Phi) is 6.89. The van der Waals surface area contributed by atoms with Crippen LogP contribution in [0.4, 0.5) is 32.4 Å². The standard InChI is InChI=1S/C19H18F5N3O2.CH4/c1-12-11-13(4-5-15(12)29-19(22,23)24)26-17(28)27-9-6-18(21,7-10-27)16-14(20)3-2-8-25-16;/h2-5,8,11H,6-7,9-10H2,1H3,(H,26,28);1H4. The van der Waals surface area contributed by atoms with Crippen LogP contribution in [0.25, 0.3) is 0 Å². The molecule has 0 unspecified atom stereocenters. The molecule has 1 aliphatic heterocycles. The molecule has 1 aromatic carbocycles. The number of pyridine rings is 1. The Balaban J connectivity index is 0.00000320. The molecule has 5 nitrogen and oxygen atoms in total. The van der Waals surface area contributed by atoms with Crippen molar-refractivity contribution in [3.05, 3.63) is 53.6 Å². The summed E-state index contributed by atoms with van der Waals surface area (Å²) >= 11 is 0. The third-order valence-electron chi connectivity index (χ3n) is 4.68. The highest BCUT2D eigenvalue weighted by molar-refractivity contribution is 5.89. The van der Waals surface area contributed by atoms with Gasteiger partial charge in [-0.15, -0.1) is 13.2 Å². The quantitative estimate of drug-likeness (QED) is 0.648. The second-order valence-corrected chi connectivity index (χ2v) is 6.74. The van der Waals surface area contributed by atoms with Crippen molar-refractivity contribution in [2.24, 2.45) is 0 Å². The summed E-state index contributed by atoms with van der Waals surface area (Å²) in [7, 11) is 0. The van der Waals surface area contributed by atoms with Crippen molar-refractivity contribution >= 4 is 11.7 Å². The molecule has 1 saturated heterocycles. The molecule has 2 aromatic rings. The number of amides is 2. The monoisotopic (exact) mass is 431 g/mol. The third kappa shape index (κ3) is 5.37. The normalized spacial score (nSPS) is 15.9.